The molecule has 0 spiro atoms. The van der Waals surface area contributed by atoms with Crippen molar-refractivity contribution in [3.05, 3.63) is 58.8 Å². The molecule has 2 N–H and O–H groups in total. The molecule has 0 radical (unpaired) electrons. The second-order valence-electron chi connectivity index (χ2n) is 6.11. The van der Waals surface area contributed by atoms with Crippen molar-refractivity contribution in [2.75, 3.05) is 5.32 Å². The second kappa shape index (κ2) is 6.42. The molecule has 0 saturated heterocycles. The van der Waals surface area contributed by atoms with Crippen molar-refractivity contribution in [3.8, 4) is 0 Å². The average molecular weight is 391 g/mol. The van der Waals surface area contributed by atoms with Gasteiger partial charge in [0.2, 0.25) is 15.9 Å². The van der Waals surface area contributed by atoms with Gasteiger partial charge in [-0.2, -0.15) is 0 Å². The van der Waals surface area contributed by atoms with E-state index in [1.165, 1.54) is 6.07 Å². The summed E-state index contributed by atoms with van der Waals surface area (Å²) in [6, 6.07) is 10.3. The number of hydrogen-bond acceptors (Lipinski definition) is 4. The topological polar surface area (TPSA) is 88.4 Å². The van der Waals surface area contributed by atoms with E-state index >= 15 is 0 Å². The van der Waals surface area contributed by atoms with Crippen molar-refractivity contribution in [2.45, 2.75) is 24.3 Å². The van der Waals surface area contributed by atoms with Gasteiger partial charge in [-0.05, 0) is 41.8 Å². The lowest BCUT2D eigenvalue weighted by molar-refractivity contribution is -0.116. The zero-order valence-electron chi connectivity index (χ0n) is 13.6. The Hall–Kier alpha value is -2.35. The third kappa shape index (κ3) is 3.21. The van der Waals surface area contributed by atoms with Crippen LogP contribution in [0.5, 0.6) is 0 Å². The fraction of sp³-hybridized carbons (Fsp3) is 0.167. The lowest BCUT2D eigenvalue weighted by Gasteiger charge is -2.19. The molecule has 8 heteroatoms. The Morgan fingerprint density at radius 2 is 2.00 bits per heavy atom. The Bertz CT molecular complexity index is 1120. The van der Waals surface area contributed by atoms with Gasteiger partial charge >= 0.3 is 0 Å². The molecule has 0 saturated carbocycles. The molecule has 1 amide bonds. The van der Waals surface area contributed by atoms with Gasteiger partial charge in [0.25, 0.3) is 0 Å². The lowest BCUT2D eigenvalue weighted by atomic mass is 10.0. The second-order valence-corrected chi connectivity index (χ2v) is 8.25. The van der Waals surface area contributed by atoms with Crippen LogP contribution in [-0.4, -0.2) is 14.3 Å². The minimum atomic E-state index is -3.84. The summed E-state index contributed by atoms with van der Waals surface area (Å²) in [6.07, 6.45) is 2.49. The molecule has 2 heterocycles. The molecule has 3 aromatic rings. The highest BCUT2D eigenvalue weighted by atomic mass is 35.5. The normalized spacial score (nSPS) is 14.3. The summed E-state index contributed by atoms with van der Waals surface area (Å²) < 4.78 is 33.2. The van der Waals surface area contributed by atoms with Gasteiger partial charge in [0.15, 0.2) is 0 Å². The van der Waals surface area contributed by atoms with E-state index in [9.17, 15) is 13.2 Å². The maximum absolute atomic E-state index is 12.7. The summed E-state index contributed by atoms with van der Waals surface area (Å²) in [5.74, 6) is -0.136. The molecular weight excluding hydrogens is 376 g/mol. The maximum Gasteiger partial charge on any atom is 0.242 e. The highest BCUT2D eigenvalue weighted by molar-refractivity contribution is 7.89. The highest BCUT2D eigenvalue weighted by Gasteiger charge is 2.23. The van der Waals surface area contributed by atoms with Crippen molar-refractivity contribution in [3.63, 3.8) is 0 Å². The van der Waals surface area contributed by atoms with Gasteiger partial charge < -0.3 is 9.73 Å². The van der Waals surface area contributed by atoms with Crippen LogP contribution >= 0.6 is 11.6 Å². The van der Waals surface area contributed by atoms with Crippen molar-refractivity contribution in [1.29, 1.82) is 0 Å². The van der Waals surface area contributed by atoms with E-state index in [-0.39, 0.29) is 22.4 Å². The van der Waals surface area contributed by atoms with Crippen LogP contribution in [0.1, 0.15) is 17.5 Å². The Morgan fingerprint density at radius 3 is 2.85 bits per heavy atom. The first kappa shape index (κ1) is 17.1. The van der Waals surface area contributed by atoms with E-state index < -0.39 is 10.0 Å². The van der Waals surface area contributed by atoms with E-state index in [0.29, 0.717) is 24.1 Å². The van der Waals surface area contributed by atoms with Crippen LogP contribution < -0.4 is 10.0 Å². The van der Waals surface area contributed by atoms with Crippen LogP contribution in [0.4, 0.5) is 5.69 Å². The number of anilines is 1. The zero-order chi connectivity index (χ0) is 18.3. The van der Waals surface area contributed by atoms with Crippen LogP contribution in [0, 0.1) is 0 Å². The van der Waals surface area contributed by atoms with Gasteiger partial charge in [0.05, 0.1) is 11.3 Å². The third-order valence-corrected chi connectivity index (χ3v) is 6.20. The number of carbonyl (C=O) groups is 1. The number of sulfonamides is 1. The number of rotatable bonds is 4. The monoisotopic (exact) mass is 390 g/mol. The molecule has 134 valence electrons. The molecule has 1 aromatic heterocycles. The van der Waals surface area contributed by atoms with E-state index in [1.807, 2.05) is 18.2 Å². The zero-order valence-corrected chi connectivity index (χ0v) is 15.2. The molecule has 4 rings (SSSR count). The molecule has 6 nitrogen and oxygen atoms in total. The minimum Gasteiger partial charge on any atom is -0.464 e. The largest absolute Gasteiger partial charge is 0.464 e. The molecule has 0 fully saturated rings. The van der Waals surface area contributed by atoms with Crippen molar-refractivity contribution in [2.24, 2.45) is 0 Å². The first-order valence-corrected chi connectivity index (χ1v) is 9.86. The van der Waals surface area contributed by atoms with Gasteiger partial charge in [-0.3, -0.25) is 4.79 Å². The molecule has 26 heavy (non-hydrogen) atoms. The van der Waals surface area contributed by atoms with Gasteiger partial charge in [-0.25, -0.2) is 13.1 Å². The van der Waals surface area contributed by atoms with Gasteiger partial charge in [0, 0.05) is 24.0 Å². The number of amides is 1. The minimum absolute atomic E-state index is 0.0563. The Morgan fingerprint density at radius 1 is 1.15 bits per heavy atom. The van der Waals surface area contributed by atoms with Crippen molar-refractivity contribution >= 4 is 44.2 Å². The summed E-state index contributed by atoms with van der Waals surface area (Å²) in [4.78, 5) is 11.5. The molecule has 0 unspecified atom stereocenters. The standard InChI is InChI=1S/C18H15ClN2O4S/c19-14-8-13-3-4-18(22)21-15(13)9-17(14)26(23,24)20-10-11-1-2-12-5-6-25-16(12)7-11/h1-2,5-9,20H,3-4,10H2,(H,21,22). The smallest absolute Gasteiger partial charge is 0.242 e. The van der Waals surface area contributed by atoms with Gasteiger partial charge in [-0.15, -0.1) is 0 Å². The Labute approximate surface area is 155 Å². The number of aryl methyl sites for hydroxylation is 1. The van der Waals surface area contributed by atoms with Crippen LogP contribution in [0.15, 0.2) is 52.0 Å². The van der Waals surface area contributed by atoms with Crippen LogP contribution in [0.3, 0.4) is 0 Å². The molecule has 1 aliphatic rings. The average Bonchev–Trinajstić information content (AvgIpc) is 3.07. The SMILES string of the molecule is O=C1CCc2cc(Cl)c(S(=O)(=O)NCc3ccc4ccoc4c3)cc2N1. The van der Waals surface area contributed by atoms with Gasteiger partial charge in [-0.1, -0.05) is 23.7 Å². The Balaban J connectivity index is 1.59. The van der Waals surface area contributed by atoms with E-state index in [2.05, 4.69) is 10.0 Å². The molecular formula is C18H15ClN2O4S. The Kier molecular flexibility index (Phi) is 4.22. The molecule has 1 aliphatic heterocycles. The van der Waals surface area contributed by atoms with Gasteiger partial charge in [0.1, 0.15) is 10.5 Å². The summed E-state index contributed by atoms with van der Waals surface area (Å²) in [5, 5.41) is 3.77. The number of fused-ring (bicyclic) bond motifs is 2. The number of carbonyl (C=O) groups excluding carboxylic acids is 1. The van der Waals surface area contributed by atoms with Crippen molar-refractivity contribution in [1.82, 2.24) is 4.72 Å². The summed E-state index contributed by atoms with van der Waals surface area (Å²) >= 11 is 6.18. The van der Waals surface area contributed by atoms with E-state index in [0.717, 1.165) is 16.5 Å². The maximum atomic E-state index is 12.7. The number of benzene rings is 2. The predicted octanol–water partition coefficient (Wildman–Crippen LogP) is 3.45. The highest BCUT2D eigenvalue weighted by Crippen LogP contribution is 2.32. The first-order valence-electron chi connectivity index (χ1n) is 8.00. The fourth-order valence-electron chi connectivity index (χ4n) is 2.95. The molecule has 2 aromatic carbocycles. The quantitative estimate of drug-likeness (QED) is 0.714. The summed E-state index contributed by atoms with van der Waals surface area (Å²) in [6.45, 7) is 0.0960. The number of halogens is 1. The molecule has 0 bridgehead atoms. The summed E-state index contributed by atoms with van der Waals surface area (Å²) in [5.41, 5.74) is 2.77. The number of nitrogens with one attached hydrogen (secondary N) is 2. The molecule has 0 atom stereocenters. The van der Waals surface area contributed by atoms with E-state index in [1.54, 1.807) is 18.4 Å². The van der Waals surface area contributed by atoms with Crippen LogP contribution in [-0.2, 0) is 27.8 Å². The first-order chi connectivity index (χ1) is 12.4. The number of furan rings is 1. The lowest BCUT2D eigenvalue weighted by Crippen LogP contribution is -2.25. The fourth-order valence-corrected chi connectivity index (χ4v) is 4.54. The third-order valence-electron chi connectivity index (χ3n) is 4.33. The predicted molar refractivity (Wildman–Crippen MR) is 98.6 cm³/mol. The van der Waals surface area contributed by atoms with Crippen molar-refractivity contribution < 1.29 is 17.6 Å². The van der Waals surface area contributed by atoms with E-state index in [4.69, 9.17) is 16.0 Å². The van der Waals surface area contributed by atoms with Crippen LogP contribution in [0.2, 0.25) is 5.02 Å². The molecule has 0 aliphatic carbocycles. The number of hydrogen-bond donors (Lipinski definition) is 2. The van der Waals surface area contributed by atoms with Crippen LogP contribution in [0.25, 0.3) is 11.0 Å². The summed E-state index contributed by atoms with van der Waals surface area (Å²) in [7, 11) is -3.84.